The molecule has 4 nitrogen and oxygen atoms in total. The lowest BCUT2D eigenvalue weighted by molar-refractivity contribution is 0.405. The minimum atomic E-state index is -3.40. The van der Waals surface area contributed by atoms with Crippen molar-refractivity contribution in [3.8, 4) is 0 Å². The van der Waals surface area contributed by atoms with E-state index in [1.807, 2.05) is 19.1 Å². The second-order valence-electron chi connectivity index (χ2n) is 5.02. The van der Waals surface area contributed by atoms with Crippen molar-refractivity contribution in [2.75, 3.05) is 20.1 Å². The third-order valence-electron chi connectivity index (χ3n) is 3.14. The van der Waals surface area contributed by atoms with Crippen LogP contribution in [-0.4, -0.2) is 32.9 Å². The Morgan fingerprint density at radius 1 is 1.26 bits per heavy atom. The number of sulfonamides is 1. The maximum atomic E-state index is 12.3. The Morgan fingerprint density at radius 3 is 2.32 bits per heavy atom. The maximum absolute atomic E-state index is 12.3. The molecule has 0 aliphatic rings. The second-order valence-corrected chi connectivity index (χ2v) is 7.07. The molecule has 19 heavy (non-hydrogen) atoms. The number of aryl methyl sites for hydroxylation is 1. The molecule has 1 rings (SSSR count). The average Bonchev–Trinajstić information content (AvgIpc) is 2.39. The van der Waals surface area contributed by atoms with Gasteiger partial charge in [0.25, 0.3) is 0 Å². The highest BCUT2D eigenvalue weighted by molar-refractivity contribution is 7.89. The highest BCUT2D eigenvalue weighted by atomic mass is 32.2. The molecule has 2 N–H and O–H groups in total. The van der Waals surface area contributed by atoms with Crippen LogP contribution >= 0.6 is 0 Å². The second kappa shape index (κ2) is 7.03. The van der Waals surface area contributed by atoms with E-state index < -0.39 is 10.0 Å². The Morgan fingerprint density at radius 2 is 1.84 bits per heavy atom. The molecule has 0 fully saturated rings. The monoisotopic (exact) mass is 284 g/mol. The normalized spacial score (nSPS) is 13.7. The SMILES string of the molecule is CCCc1ccc(S(=O)(=O)N(C)CC(C)CN)cc1. The van der Waals surface area contributed by atoms with Crippen LogP contribution in [0.4, 0.5) is 0 Å². The topological polar surface area (TPSA) is 63.4 Å². The first-order valence-electron chi connectivity index (χ1n) is 6.67. The van der Waals surface area contributed by atoms with Crippen molar-refractivity contribution >= 4 is 10.0 Å². The minimum Gasteiger partial charge on any atom is -0.330 e. The number of nitrogens with two attached hydrogens (primary N) is 1. The number of hydrogen-bond donors (Lipinski definition) is 1. The molecule has 0 radical (unpaired) electrons. The fourth-order valence-electron chi connectivity index (χ4n) is 1.91. The van der Waals surface area contributed by atoms with Gasteiger partial charge in [0, 0.05) is 13.6 Å². The Balaban J connectivity index is 2.87. The van der Waals surface area contributed by atoms with Gasteiger partial charge in [-0.1, -0.05) is 32.4 Å². The third kappa shape index (κ3) is 4.30. The lowest BCUT2D eigenvalue weighted by Crippen LogP contribution is -2.33. The zero-order valence-corrected chi connectivity index (χ0v) is 12.8. The van der Waals surface area contributed by atoms with Gasteiger partial charge in [-0.05, 0) is 36.6 Å². The average molecular weight is 284 g/mol. The van der Waals surface area contributed by atoms with E-state index in [-0.39, 0.29) is 5.92 Å². The maximum Gasteiger partial charge on any atom is 0.242 e. The lowest BCUT2D eigenvalue weighted by Gasteiger charge is -2.20. The van der Waals surface area contributed by atoms with Crippen LogP contribution in [0.1, 0.15) is 25.8 Å². The Labute approximate surface area is 116 Å². The summed E-state index contributed by atoms with van der Waals surface area (Å²) in [6, 6.07) is 7.14. The molecule has 0 bridgehead atoms. The van der Waals surface area contributed by atoms with Crippen molar-refractivity contribution < 1.29 is 8.42 Å². The van der Waals surface area contributed by atoms with Crippen molar-refractivity contribution in [3.63, 3.8) is 0 Å². The Hall–Kier alpha value is -0.910. The summed E-state index contributed by atoms with van der Waals surface area (Å²) in [5, 5.41) is 0. The molecule has 108 valence electrons. The minimum absolute atomic E-state index is 0.152. The van der Waals surface area contributed by atoms with E-state index in [4.69, 9.17) is 5.73 Å². The van der Waals surface area contributed by atoms with Gasteiger partial charge < -0.3 is 5.73 Å². The van der Waals surface area contributed by atoms with Gasteiger partial charge in [0.1, 0.15) is 0 Å². The van der Waals surface area contributed by atoms with Crippen LogP contribution in [0.25, 0.3) is 0 Å². The molecule has 0 saturated heterocycles. The molecule has 0 aliphatic heterocycles. The quantitative estimate of drug-likeness (QED) is 0.831. The molecule has 0 aromatic heterocycles. The molecule has 0 aliphatic carbocycles. The highest BCUT2D eigenvalue weighted by Crippen LogP contribution is 2.16. The van der Waals surface area contributed by atoms with E-state index in [0.717, 1.165) is 12.8 Å². The first-order chi connectivity index (χ1) is 8.91. The van der Waals surface area contributed by atoms with E-state index in [1.54, 1.807) is 19.2 Å². The van der Waals surface area contributed by atoms with E-state index in [9.17, 15) is 8.42 Å². The Bertz CT molecular complexity index is 483. The van der Waals surface area contributed by atoms with Crippen LogP contribution in [0, 0.1) is 5.92 Å². The van der Waals surface area contributed by atoms with Crippen LogP contribution in [0.3, 0.4) is 0 Å². The van der Waals surface area contributed by atoms with Crippen molar-refractivity contribution in [1.82, 2.24) is 4.31 Å². The Kier molecular flexibility index (Phi) is 5.97. The van der Waals surface area contributed by atoms with Crippen molar-refractivity contribution in [3.05, 3.63) is 29.8 Å². The standard InChI is InChI=1S/C14H24N2O2S/c1-4-5-13-6-8-14(9-7-13)19(17,18)16(3)11-12(2)10-15/h6-9,12H,4-5,10-11,15H2,1-3H3. The summed E-state index contributed by atoms with van der Waals surface area (Å²) in [6.07, 6.45) is 2.03. The van der Waals surface area contributed by atoms with E-state index >= 15 is 0 Å². The van der Waals surface area contributed by atoms with Crippen molar-refractivity contribution in [1.29, 1.82) is 0 Å². The molecular weight excluding hydrogens is 260 g/mol. The summed E-state index contributed by atoms with van der Waals surface area (Å²) in [6.45, 7) is 4.97. The van der Waals surface area contributed by atoms with E-state index in [2.05, 4.69) is 6.92 Å². The van der Waals surface area contributed by atoms with Gasteiger partial charge in [0.2, 0.25) is 10.0 Å². The zero-order chi connectivity index (χ0) is 14.5. The molecular formula is C14H24N2O2S. The number of nitrogens with zero attached hydrogens (tertiary/aromatic N) is 1. The summed E-state index contributed by atoms with van der Waals surface area (Å²) in [5.74, 6) is 0.152. The van der Waals surface area contributed by atoms with Gasteiger partial charge >= 0.3 is 0 Å². The van der Waals surface area contributed by atoms with Gasteiger partial charge in [-0.3, -0.25) is 0 Å². The van der Waals surface area contributed by atoms with Crippen LogP contribution < -0.4 is 5.73 Å². The summed E-state index contributed by atoms with van der Waals surface area (Å²) in [4.78, 5) is 0.346. The van der Waals surface area contributed by atoms with Gasteiger partial charge in [0.05, 0.1) is 4.90 Å². The molecule has 1 aromatic carbocycles. The number of benzene rings is 1. The summed E-state index contributed by atoms with van der Waals surface area (Å²) >= 11 is 0. The van der Waals surface area contributed by atoms with Gasteiger partial charge in [-0.2, -0.15) is 0 Å². The number of rotatable bonds is 7. The molecule has 0 amide bonds. The predicted molar refractivity (Wildman–Crippen MR) is 78.5 cm³/mol. The third-order valence-corrected chi connectivity index (χ3v) is 4.98. The molecule has 0 saturated carbocycles. The zero-order valence-electron chi connectivity index (χ0n) is 12.0. The molecule has 0 heterocycles. The molecule has 0 spiro atoms. The van der Waals surface area contributed by atoms with Crippen LogP contribution in [0.5, 0.6) is 0 Å². The fraction of sp³-hybridized carbons (Fsp3) is 0.571. The molecule has 1 aromatic rings. The van der Waals surface area contributed by atoms with E-state index in [0.29, 0.717) is 18.0 Å². The van der Waals surface area contributed by atoms with Crippen LogP contribution in [-0.2, 0) is 16.4 Å². The van der Waals surface area contributed by atoms with Crippen molar-refractivity contribution in [2.24, 2.45) is 11.7 Å². The number of hydrogen-bond acceptors (Lipinski definition) is 3. The van der Waals surface area contributed by atoms with Crippen molar-refractivity contribution in [2.45, 2.75) is 31.6 Å². The highest BCUT2D eigenvalue weighted by Gasteiger charge is 2.21. The molecule has 5 heteroatoms. The van der Waals surface area contributed by atoms with Crippen LogP contribution in [0.2, 0.25) is 0 Å². The van der Waals surface area contributed by atoms with E-state index in [1.165, 1.54) is 9.87 Å². The smallest absolute Gasteiger partial charge is 0.242 e. The summed E-state index contributed by atoms with van der Waals surface area (Å²) in [5.41, 5.74) is 6.70. The first-order valence-corrected chi connectivity index (χ1v) is 8.11. The predicted octanol–water partition coefficient (Wildman–Crippen LogP) is 1.85. The molecule has 1 atom stereocenters. The van der Waals surface area contributed by atoms with Gasteiger partial charge in [0.15, 0.2) is 0 Å². The van der Waals surface area contributed by atoms with Gasteiger partial charge in [-0.25, -0.2) is 12.7 Å². The van der Waals surface area contributed by atoms with Gasteiger partial charge in [-0.15, -0.1) is 0 Å². The molecule has 1 unspecified atom stereocenters. The lowest BCUT2D eigenvalue weighted by atomic mass is 10.1. The fourth-order valence-corrected chi connectivity index (χ4v) is 3.20. The first kappa shape index (κ1) is 16.1. The summed E-state index contributed by atoms with van der Waals surface area (Å²) < 4.78 is 26.1. The largest absolute Gasteiger partial charge is 0.330 e. The van der Waals surface area contributed by atoms with Crippen LogP contribution in [0.15, 0.2) is 29.2 Å². The summed E-state index contributed by atoms with van der Waals surface area (Å²) in [7, 11) is -1.80.